The Hall–Kier alpha value is -1.10. The molecule has 2 atom stereocenters. The highest BCUT2D eigenvalue weighted by molar-refractivity contribution is 7.17. The van der Waals surface area contributed by atoms with Crippen molar-refractivity contribution in [2.45, 2.75) is 44.6 Å². The summed E-state index contributed by atoms with van der Waals surface area (Å²) in [5.41, 5.74) is 0. The zero-order chi connectivity index (χ0) is 12.5. The first-order chi connectivity index (χ1) is 8.75. The molecule has 4 nitrogen and oxygen atoms in total. The third-order valence-electron chi connectivity index (χ3n) is 4.19. The van der Waals surface area contributed by atoms with Crippen LogP contribution in [-0.2, 0) is 0 Å². The predicted octanol–water partition coefficient (Wildman–Crippen LogP) is 3.00. The average Bonchev–Trinajstić information content (AvgIpc) is 2.87. The molecule has 2 fully saturated rings. The monoisotopic (exact) mass is 266 g/mol. The molecule has 1 aliphatic carbocycles. The van der Waals surface area contributed by atoms with E-state index in [9.17, 15) is 4.79 Å². The van der Waals surface area contributed by atoms with Gasteiger partial charge in [-0.2, -0.15) is 0 Å². The van der Waals surface area contributed by atoms with Gasteiger partial charge in [-0.15, -0.1) is 0 Å². The van der Waals surface area contributed by atoms with Gasteiger partial charge in [0.05, 0.1) is 6.20 Å². The van der Waals surface area contributed by atoms with Crippen LogP contribution in [0.2, 0.25) is 0 Å². The number of aromatic nitrogens is 1. The van der Waals surface area contributed by atoms with Gasteiger partial charge in [0.25, 0.3) is 0 Å². The van der Waals surface area contributed by atoms with Gasteiger partial charge in [-0.05, 0) is 31.6 Å². The fourth-order valence-electron chi connectivity index (χ4n) is 3.36. The smallest absolute Gasteiger partial charge is 0.347 e. The first-order valence-corrected chi connectivity index (χ1v) is 7.53. The second kappa shape index (κ2) is 4.88. The standard InChI is InChI=1S/C13H18N2O2S/c16-12(17)11-8-14-13(18-11)15-7-3-5-9-4-1-2-6-10(9)15/h8-10H,1-7H2,(H,16,17). The fraction of sp³-hybridized carbons (Fsp3) is 0.692. The van der Waals surface area contributed by atoms with Gasteiger partial charge < -0.3 is 10.0 Å². The van der Waals surface area contributed by atoms with Crippen LogP contribution in [0.3, 0.4) is 0 Å². The second-order valence-corrected chi connectivity index (χ2v) is 6.27. The van der Waals surface area contributed by atoms with Gasteiger partial charge in [0.2, 0.25) is 0 Å². The van der Waals surface area contributed by atoms with Crippen LogP contribution in [0.15, 0.2) is 6.20 Å². The van der Waals surface area contributed by atoms with Crippen molar-refractivity contribution < 1.29 is 9.90 Å². The summed E-state index contributed by atoms with van der Waals surface area (Å²) in [5, 5.41) is 9.89. The van der Waals surface area contributed by atoms with Gasteiger partial charge in [0.1, 0.15) is 4.88 Å². The maximum Gasteiger partial charge on any atom is 0.347 e. The summed E-state index contributed by atoms with van der Waals surface area (Å²) in [6.07, 6.45) is 9.27. The number of nitrogens with zero attached hydrogens (tertiary/aromatic N) is 2. The molecule has 98 valence electrons. The third-order valence-corrected chi connectivity index (χ3v) is 5.22. The summed E-state index contributed by atoms with van der Waals surface area (Å²) in [6, 6.07) is 0.597. The van der Waals surface area contributed by atoms with Gasteiger partial charge in [-0.25, -0.2) is 9.78 Å². The minimum atomic E-state index is -0.865. The fourth-order valence-corrected chi connectivity index (χ4v) is 4.20. The normalized spacial score (nSPS) is 27.9. The molecule has 0 amide bonds. The maximum atomic E-state index is 10.9. The second-order valence-electron chi connectivity index (χ2n) is 5.26. The van der Waals surface area contributed by atoms with Crippen molar-refractivity contribution in [2.75, 3.05) is 11.4 Å². The number of anilines is 1. The lowest BCUT2D eigenvalue weighted by molar-refractivity contribution is 0.0702. The number of aromatic carboxylic acids is 1. The van der Waals surface area contributed by atoms with E-state index in [4.69, 9.17) is 5.11 Å². The first-order valence-electron chi connectivity index (χ1n) is 6.71. The van der Waals surface area contributed by atoms with Gasteiger partial charge in [-0.1, -0.05) is 24.2 Å². The number of rotatable bonds is 2. The summed E-state index contributed by atoms with van der Waals surface area (Å²) in [4.78, 5) is 18.0. The average molecular weight is 266 g/mol. The molecule has 5 heteroatoms. The van der Waals surface area contributed by atoms with E-state index in [1.807, 2.05) is 0 Å². The maximum absolute atomic E-state index is 10.9. The molecule has 1 aromatic heterocycles. The predicted molar refractivity (Wildman–Crippen MR) is 71.4 cm³/mol. The highest BCUT2D eigenvalue weighted by Crippen LogP contribution is 2.38. The minimum absolute atomic E-state index is 0.350. The Morgan fingerprint density at radius 2 is 2.11 bits per heavy atom. The molecule has 0 aromatic carbocycles. The molecule has 0 spiro atoms. The SMILES string of the molecule is O=C(O)c1cnc(N2CCCC3CCCCC32)s1. The van der Waals surface area contributed by atoms with Crippen molar-refractivity contribution in [3.63, 3.8) is 0 Å². The highest BCUT2D eigenvalue weighted by atomic mass is 32.1. The van der Waals surface area contributed by atoms with Crippen LogP contribution in [0.4, 0.5) is 5.13 Å². The summed E-state index contributed by atoms with van der Waals surface area (Å²) in [7, 11) is 0. The molecule has 2 unspecified atom stereocenters. The number of thiazole rings is 1. The zero-order valence-corrected chi connectivity index (χ0v) is 11.2. The lowest BCUT2D eigenvalue weighted by Gasteiger charge is -2.44. The molecule has 1 aromatic rings. The number of carboxylic acid groups (broad SMARTS) is 1. The molecule has 2 heterocycles. The first kappa shape index (κ1) is 12.0. The molecule has 3 rings (SSSR count). The summed E-state index contributed by atoms with van der Waals surface area (Å²) < 4.78 is 0. The molecule has 0 bridgehead atoms. The lowest BCUT2D eigenvalue weighted by atomic mass is 9.78. The summed E-state index contributed by atoms with van der Waals surface area (Å²) >= 11 is 1.32. The van der Waals surface area contributed by atoms with E-state index >= 15 is 0 Å². The Balaban J connectivity index is 1.82. The topological polar surface area (TPSA) is 53.4 Å². The Labute approximate surface area is 111 Å². The van der Waals surface area contributed by atoms with Gasteiger partial charge in [0, 0.05) is 12.6 Å². The van der Waals surface area contributed by atoms with Crippen molar-refractivity contribution in [1.29, 1.82) is 0 Å². The van der Waals surface area contributed by atoms with Crippen molar-refractivity contribution in [2.24, 2.45) is 5.92 Å². The molecule has 18 heavy (non-hydrogen) atoms. The van der Waals surface area contributed by atoms with Crippen LogP contribution in [0.1, 0.15) is 48.2 Å². The van der Waals surface area contributed by atoms with Crippen molar-refractivity contribution in [3.8, 4) is 0 Å². The Kier molecular flexibility index (Phi) is 3.24. The number of fused-ring (bicyclic) bond motifs is 1. The Morgan fingerprint density at radius 3 is 2.89 bits per heavy atom. The summed E-state index contributed by atoms with van der Waals surface area (Å²) in [5.74, 6) is -0.0689. The number of hydrogen-bond donors (Lipinski definition) is 1. The van der Waals surface area contributed by atoms with Crippen molar-refractivity contribution >= 4 is 22.4 Å². The van der Waals surface area contributed by atoms with Crippen LogP contribution in [-0.4, -0.2) is 28.6 Å². The minimum Gasteiger partial charge on any atom is -0.477 e. The molecule has 2 aliphatic rings. The van der Waals surface area contributed by atoms with E-state index < -0.39 is 5.97 Å². The van der Waals surface area contributed by atoms with Crippen LogP contribution < -0.4 is 4.90 Å². The van der Waals surface area contributed by atoms with Crippen molar-refractivity contribution in [1.82, 2.24) is 4.98 Å². The van der Waals surface area contributed by atoms with Gasteiger partial charge in [0.15, 0.2) is 5.13 Å². The number of carbonyl (C=O) groups is 1. The van der Waals surface area contributed by atoms with Crippen LogP contribution in [0, 0.1) is 5.92 Å². The van der Waals surface area contributed by atoms with Gasteiger partial charge in [-0.3, -0.25) is 0 Å². The zero-order valence-electron chi connectivity index (χ0n) is 10.3. The highest BCUT2D eigenvalue weighted by Gasteiger charge is 2.34. The Morgan fingerprint density at radius 1 is 1.33 bits per heavy atom. The van der Waals surface area contributed by atoms with E-state index in [0.29, 0.717) is 10.9 Å². The molecule has 1 saturated carbocycles. The molecule has 1 N–H and O–H groups in total. The Bertz CT molecular complexity index is 444. The molecular weight excluding hydrogens is 248 g/mol. The van der Waals surface area contributed by atoms with E-state index in [1.165, 1.54) is 56.1 Å². The molecule has 1 saturated heterocycles. The summed E-state index contributed by atoms with van der Waals surface area (Å²) in [6.45, 7) is 1.04. The number of carboxylic acids is 1. The number of hydrogen-bond acceptors (Lipinski definition) is 4. The molecule has 1 aliphatic heterocycles. The van der Waals surface area contributed by atoms with Crippen molar-refractivity contribution in [3.05, 3.63) is 11.1 Å². The number of piperidine rings is 1. The van der Waals surface area contributed by atoms with Gasteiger partial charge >= 0.3 is 5.97 Å². The van der Waals surface area contributed by atoms with E-state index in [-0.39, 0.29) is 0 Å². The quantitative estimate of drug-likeness (QED) is 0.894. The van der Waals surface area contributed by atoms with E-state index in [2.05, 4.69) is 9.88 Å². The van der Waals surface area contributed by atoms with Crippen LogP contribution in [0.5, 0.6) is 0 Å². The van der Waals surface area contributed by atoms with Crippen LogP contribution >= 0.6 is 11.3 Å². The third kappa shape index (κ3) is 2.11. The largest absolute Gasteiger partial charge is 0.477 e. The van der Waals surface area contributed by atoms with Crippen LogP contribution in [0.25, 0.3) is 0 Å². The molecular formula is C13H18N2O2S. The lowest BCUT2D eigenvalue weighted by Crippen LogP contribution is -2.46. The molecule has 0 radical (unpaired) electrons. The van der Waals surface area contributed by atoms with E-state index in [0.717, 1.165) is 17.6 Å². The van der Waals surface area contributed by atoms with E-state index in [1.54, 1.807) is 0 Å².